The lowest BCUT2D eigenvalue weighted by Gasteiger charge is -2.02. The van der Waals surface area contributed by atoms with Gasteiger partial charge in [0, 0.05) is 10.6 Å². The molecular weight excluding hydrogens is 290 g/mol. The van der Waals surface area contributed by atoms with Gasteiger partial charge in [-0.25, -0.2) is 4.98 Å². The fraction of sp³-hybridized carbons (Fsp3) is 0.125. The predicted molar refractivity (Wildman–Crippen MR) is 83.8 cm³/mol. The van der Waals surface area contributed by atoms with E-state index in [1.807, 2.05) is 37.3 Å². The Hall–Kier alpha value is -1.71. The van der Waals surface area contributed by atoms with Crippen LogP contribution in [0.4, 0.5) is 0 Å². The van der Waals surface area contributed by atoms with Gasteiger partial charge in [0.1, 0.15) is 5.01 Å². The molecule has 0 fully saturated rings. The molecular formula is C16H12ClNOS. The molecule has 0 atom stereocenters. The van der Waals surface area contributed by atoms with Crippen LogP contribution in [0.1, 0.15) is 20.9 Å². The number of nitrogens with zero attached hydrogens (tertiary/aromatic N) is 1. The van der Waals surface area contributed by atoms with Gasteiger partial charge in [-0.1, -0.05) is 23.7 Å². The van der Waals surface area contributed by atoms with Gasteiger partial charge in [0.2, 0.25) is 0 Å². The monoisotopic (exact) mass is 301 g/mol. The number of aryl methyl sites for hydroxylation is 1. The first-order valence-electron chi connectivity index (χ1n) is 6.27. The van der Waals surface area contributed by atoms with E-state index in [4.69, 9.17) is 11.6 Å². The van der Waals surface area contributed by atoms with E-state index in [0.29, 0.717) is 17.0 Å². The van der Waals surface area contributed by atoms with Crippen molar-refractivity contribution in [3.8, 4) is 0 Å². The third-order valence-corrected chi connectivity index (χ3v) is 4.59. The highest BCUT2D eigenvalue weighted by Crippen LogP contribution is 2.23. The normalized spacial score (nSPS) is 10.9. The molecule has 0 N–H and O–H groups in total. The molecule has 20 heavy (non-hydrogen) atoms. The molecule has 0 bridgehead atoms. The molecule has 2 aromatic carbocycles. The molecule has 3 rings (SSSR count). The predicted octanol–water partition coefficient (Wildman–Crippen LogP) is 4.68. The van der Waals surface area contributed by atoms with Crippen molar-refractivity contribution in [1.82, 2.24) is 4.98 Å². The average molecular weight is 302 g/mol. The zero-order valence-corrected chi connectivity index (χ0v) is 12.5. The number of halogens is 1. The highest BCUT2D eigenvalue weighted by atomic mass is 35.5. The van der Waals surface area contributed by atoms with Gasteiger partial charge < -0.3 is 0 Å². The number of aromatic nitrogens is 1. The summed E-state index contributed by atoms with van der Waals surface area (Å²) in [6.07, 6.45) is 0.334. The van der Waals surface area contributed by atoms with E-state index in [1.165, 1.54) is 0 Å². The molecule has 0 aliphatic rings. The topological polar surface area (TPSA) is 30.0 Å². The van der Waals surface area contributed by atoms with Crippen molar-refractivity contribution < 1.29 is 4.79 Å². The third-order valence-electron chi connectivity index (χ3n) is 3.13. The molecule has 0 aliphatic heterocycles. The van der Waals surface area contributed by atoms with Crippen molar-refractivity contribution in [1.29, 1.82) is 0 Å². The number of benzene rings is 2. The summed E-state index contributed by atoms with van der Waals surface area (Å²) in [6.45, 7) is 1.90. The fourth-order valence-corrected chi connectivity index (χ4v) is 3.14. The summed E-state index contributed by atoms with van der Waals surface area (Å²) in [4.78, 5) is 16.8. The van der Waals surface area contributed by atoms with Crippen LogP contribution in [0, 0.1) is 6.92 Å². The molecule has 4 heteroatoms. The van der Waals surface area contributed by atoms with Gasteiger partial charge in [0.15, 0.2) is 5.78 Å². The van der Waals surface area contributed by atoms with Gasteiger partial charge in [0.25, 0.3) is 0 Å². The number of carbonyl (C=O) groups excluding carboxylic acids is 1. The summed E-state index contributed by atoms with van der Waals surface area (Å²) in [6, 6.07) is 13.3. The standard InChI is InChI=1S/C16H12ClNOS/c1-10-8-11(6-7-12(10)17)14(19)9-16-18-13-4-2-3-5-15(13)20-16/h2-8H,9H2,1H3. The van der Waals surface area contributed by atoms with Crippen LogP contribution in [0.3, 0.4) is 0 Å². The van der Waals surface area contributed by atoms with Gasteiger partial charge in [-0.2, -0.15) is 0 Å². The lowest BCUT2D eigenvalue weighted by Crippen LogP contribution is -2.03. The minimum Gasteiger partial charge on any atom is -0.294 e. The minimum absolute atomic E-state index is 0.0730. The molecule has 3 aromatic rings. The number of hydrogen-bond acceptors (Lipinski definition) is 3. The van der Waals surface area contributed by atoms with Gasteiger partial charge >= 0.3 is 0 Å². The summed E-state index contributed by atoms with van der Waals surface area (Å²) >= 11 is 7.55. The van der Waals surface area contributed by atoms with Crippen LogP contribution < -0.4 is 0 Å². The Morgan fingerprint density at radius 2 is 2.05 bits per heavy atom. The smallest absolute Gasteiger partial charge is 0.169 e. The lowest BCUT2D eigenvalue weighted by atomic mass is 10.1. The number of carbonyl (C=O) groups is 1. The Kier molecular flexibility index (Phi) is 3.55. The number of hydrogen-bond donors (Lipinski definition) is 0. The fourth-order valence-electron chi connectivity index (χ4n) is 2.05. The minimum atomic E-state index is 0.0730. The van der Waals surface area contributed by atoms with Crippen molar-refractivity contribution in [3.05, 3.63) is 63.6 Å². The summed E-state index contributed by atoms with van der Waals surface area (Å²) in [5.41, 5.74) is 2.56. The maximum absolute atomic E-state index is 12.3. The second-order valence-electron chi connectivity index (χ2n) is 4.64. The average Bonchev–Trinajstić information content (AvgIpc) is 2.83. The molecule has 0 spiro atoms. The second-order valence-corrected chi connectivity index (χ2v) is 6.16. The van der Waals surface area contributed by atoms with Crippen molar-refractivity contribution in [2.45, 2.75) is 13.3 Å². The van der Waals surface area contributed by atoms with Crippen molar-refractivity contribution >= 4 is 38.9 Å². The molecule has 0 saturated carbocycles. The zero-order valence-electron chi connectivity index (χ0n) is 10.9. The van der Waals surface area contributed by atoms with Crippen LogP contribution in [0.2, 0.25) is 5.02 Å². The van der Waals surface area contributed by atoms with Gasteiger partial charge in [0.05, 0.1) is 16.6 Å². The molecule has 0 aliphatic carbocycles. The van der Waals surface area contributed by atoms with Crippen LogP contribution >= 0.6 is 22.9 Å². The van der Waals surface area contributed by atoms with Crippen LogP contribution in [-0.4, -0.2) is 10.8 Å². The number of fused-ring (bicyclic) bond motifs is 1. The summed E-state index contributed by atoms with van der Waals surface area (Å²) < 4.78 is 1.11. The van der Waals surface area contributed by atoms with Crippen molar-refractivity contribution in [3.63, 3.8) is 0 Å². The zero-order chi connectivity index (χ0) is 14.1. The lowest BCUT2D eigenvalue weighted by molar-refractivity contribution is 0.0993. The Morgan fingerprint density at radius 1 is 1.25 bits per heavy atom. The van der Waals surface area contributed by atoms with Crippen LogP contribution in [-0.2, 0) is 6.42 Å². The molecule has 2 nitrogen and oxygen atoms in total. The molecule has 100 valence electrons. The first-order valence-corrected chi connectivity index (χ1v) is 7.47. The van der Waals surface area contributed by atoms with Crippen LogP contribution in [0.15, 0.2) is 42.5 Å². The van der Waals surface area contributed by atoms with Crippen molar-refractivity contribution in [2.75, 3.05) is 0 Å². The molecule has 0 saturated heterocycles. The van der Waals surface area contributed by atoms with E-state index in [0.717, 1.165) is 20.8 Å². The Labute approximate surface area is 126 Å². The molecule has 0 radical (unpaired) electrons. The number of rotatable bonds is 3. The quantitative estimate of drug-likeness (QED) is 0.657. The van der Waals surface area contributed by atoms with Crippen LogP contribution in [0.5, 0.6) is 0 Å². The number of para-hydroxylation sites is 1. The molecule has 1 aromatic heterocycles. The molecule has 0 unspecified atom stereocenters. The van der Waals surface area contributed by atoms with Gasteiger partial charge in [-0.05, 0) is 42.8 Å². The maximum atomic E-state index is 12.3. The maximum Gasteiger partial charge on any atom is 0.169 e. The number of Topliss-reactive ketones (excluding diaryl/α,β-unsaturated/α-hetero) is 1. The summed E-state index contributed by atoms with van der Waals surface area (Å²) in [5.74, 6) is 0.0730. The largest absolute Gasteiger partial charge is 0.294 e. The van der Waals surface area contributed by atoms with E-state index >= 15 is 0 Å². The Morgan fingerprint density at radius 3 is 2.80 bits per heavy atom. The SMILES string of the molecule is Cc1cc(C(=O)Cc2nc3ccccc3s2)ccc1Cl. The number of ketones is 1. The highest BCUT2D eigenvalue weighted by Gasteiger charge is 2.11. The Balaban J connectivity index is 1.86. The van der Waals surface area contributed by atoms with E-state index in [1.54, 1.807) is 23.5 Å². The highest BCUT2D eigenvalue weighted by molar-refractivity contribution is 7.18. The molecule has 1 heterocycles. The van der Waals surface area contributed by atoms with Gasteiger partial charge in [-0.3, -0.25) is 4.79 Å². The van der Waals surface area contributed by atoms with E-state index < -0.39 is 0 Å². The Bertz CT molecular complexity index is 761. The van der Waals surface area contributed by atoms with E-state index in [9.17, 15) is 4.79 Å². The van der Waals surface area contributed by atoms with Crippen molar-refractivity contribution in [2.24, 2.45) is 0 Å². The molecule has 0 amide bonds. The second kappa shape index (κ2) is 5.35. The summed E-state index contributed by atoms with van der Waals surface area (Å²) in [7, 11) is 0. The summed E-state index contributed by atoms with van der Waals surface area (Å²) in [5, 5.41) is 1.53. The third kappa shape index (κ3) is 2.60. The van der Waals surface area contributed by atoms with Gasteiger partial charge in [-0.15, -0.1) is 11.3 Å². The van der Waals surface area contributed by atoms with E-state index in [-0.39, 0.29) is 5.78 Å². The first-order chi connectivity index (χ1) is 9.63. The van der Waals surface area contributed by atoms with E-state index in [2.05, 4.69) is 4.98 Å². The van der Waals surface area contributed by atoms with Crippen LogP contribution in [0.25, 0.3) is 10.2 Å². The number of thiazole rings is 1. The first kappa shape index (κ1) is 13.3.